The molecule has 0 unspecified atom stereocenters. The van der Waals surface area contributed by atoms with Crippen LogP contribution in [-0.4, -0.2) is 4.98 Å². The summed E-state index contributed by atoms with van der Waals surface area (Å²) in [6.07, 6.45) is 2.89. The summed E-state index contributed by atoms with van der Waals surface area (Å²) in [5.41, 5.74) is 6.84. The standard InChI is InChI=1S/C22H26FN2/c1-13(2)9-17-7-8-18-20(11-17)24-12-25(6)22(18)19-10-14(3)21(23)16(5)15(19)4/h7-8,10-13H,9H2,1-6H3/q+1. The molecule has 0 fully saturated rings. The number of hydrogen-bond donors (Lipinski definition) is 0. The predicted octanol–water partition coefficient (Wildman–Crippen LogP) is 4.99. The Balaban J connectivity index is 2.28. The van der Waals surface area contributed by atoms with Gasteiger partial charge in [0.1, 0.15) is 11.5 Å². The van der Waals surface area contributed by atoms with E-state index in [1.165, 1.54) is 5.56 Å². The minimum absolute atomic E-state index is 0.110. The second-order valence-electron chi connectivity index (χ2n) is 7.46. The van der Waals surface area contributed by atoms with Gasteiger partial charge in [0.2, 0.25) is 0 Å². The lowest BCUT2D eigenvalue weighted by Gasteiger charge is -2.14. The van der Waals surface area contributed by atoms with E-state index in [-0.39, 0.29) is 5.82 Å². The zero-order valence-corrected chi connectivity index (χ0v) is 15.9. The maximum atomic E-state index is 14.3. The number of nitrogens with zero attached hydrogens (tertiary/aromatic N) is 2. The van der Waals surface area contributed by atoms with E-state index in [0.29, 0.717) is 11.5 Å². The topological polar surface area (TPSA) is 16.8 Å². The van der Waals surface area contributed by atoms with Crippen LogP contribution in [0.25, 0.3) is 22.2 Å². The van der Waals surface area contributed by atoms with Crippen LogP contribution in [-0.2, 0) is 13.5 Å². The summed E-state index contributed by atoms with van der Waals surface area (Å²) in [6, 6.07) is 8.47. The highest BCUT2D eigenvalue weighted by atomic mass is 19.1. The van der Waals surface area contributed by atoms with Gasteiger partial charge < -0.3 is 0 Å². The highest BCUT2D eigenvalue weighted by Gasteiger charge is 2.20. The number of hydrogen-bond acceptors (Lipinski definition) is 1. The Morgan fingerprint density at radius 2 is 1.80 bits per heavy atom. The summed E-state index contributed by atoms with van der Waals surface area (Å²) in [7, 11) is 2.00. The van der Waals surface area contributed by atoms with Crippen molar-refractivity contribution in [2.24, 2.45) is 13.0 Å². The van der Waals surface area contributed by atoms with Crippen LogP contribution in [0.1, 0.15) is 36.1 Å². The molecule has 0 aliphatic heterocycles. The molecule has 1 aromatic heterocycles. The number of halogens is 1. The minimum atomic E-state index is -0.110. The largest absolute Gasteiger partial charge is 0.287 e. The molecule has 0 aliphatic carbocycles. The molecule has 0 saturated heterocycles. The van der Waals surface area contributed by atoms with E-state index in [2.05, 4.69) is 37.0 Å². The van der Waals surface area contributed by atoms with E-state index in [0.717, 1.165) is 39.7 Å². The smallest absolute Gasteiger partial charge is 0.232 e. The fourth-order valence-electron chi connectivity index (χ4n) is 3.51. The van der Waals surface area contributed by atoms with Gasteiger partial charge in [-0.1, -0.05) is 19.9 Å². The molecule has 130 valence electrons. The molecule has 0 aliphatic rings. The second kappa shape index (κ2) is 6.55. The van der Waals surface area contributed by atoms with Crippen LogP contribution in [0.3, 0.4) is 0 Å². The van der Waals surface area contributed by atoms with Gasteiger partial charge in [0.25, 0.3) is 6.33 Å². The second-order valence-corrected chi connectivity index (χ2v) is 7.46. The zero-order chi connectivity index (χ0) is 18.3. The molecule has 0 N–H and O–H groups in total. The summed E-state index contributed by atoms with van der Waals surface area (Å²) >= 11 is 0. The highest BCUT2D eigenvalue weighted by Crippen LogP contribution is 2.31. The Morgan fingerprint density at radius 3 is 2.48 bits per heavy atom. The van der Waals surface area contributed by atoms with Crippen molar-refractivity contribution < 1.29 is 8.96 Å². The molecule has 3 aromatic rings. The Morgan fingerprint density at radius 1 is 1.08 bits per heavy atom. The first-order valence-electron chi connectivity index (χ1n) is 8.83. The van der Waals surface area contributed by atoms with Crippen LogP contribution in [0.2, 0.25) is 0 Å². The molecule has 0 atom stereocenters. The molecule has 0 spiro atoms. The van der Waals surface area contributed by atoms with Crippen LogP contribution in [0.4, 0.5) is 4.39 Å². The average molecular weight is 337 g/mol. The van der Waals surface area contributed by atoms with Crippen molar-refractivity contribution in [1.29, 1.82) is 0 Å². The number of rotatable bonds is 3. The van der Waals surface area contributed by atoms with Gasteiger partial charge in [0.05, 0.1) is 12.4 Å². The van der Waals surface area contributed by atoms with Gasteiger partial charge in [0.15, 0.2) is 5.52 Å². The van der Waals surface area contributed by atoms with Crippen molar-refractivity contribution in [3.05, 3.63) is 58.7 Å². The molecule has 25 heavy (non-hydrogen) atoms. The quantitative estimate of drug-likeness (QED) is 0.615. The Labute approximate surface area is 149 Å². The van der Waals surface area contributed by atoms with Crippen molar-refractivity contribution in [3.63, 3.8) is 0 Å². The van der Waals surface area contributed by atoms with Gasteiger partial charge in [-0.3, -0.25) is 0 Å². The molecule has 1 heterocycles. The summed E-state index contributed by atoms with van der Waals surface area (Å²) in [4.78, 5) is 4.62. The first kappa shape index (κ1) is 17.5. The van der Waals surface area contributed by atoms with E-state index >= 15 is 0 Å². The van der Waals surface area contributed by atoms with Crippen LogP contribution in [0, 0.1) is 32.5 Å². The van der Waals surface area contributed by atoms with Crippen LogP contribution >= 0.6 is 0 Å². The monoisotopic (exact) mass is 337 g/mol. The summed E-state index contributed by atoms with van der Waals surface area (Å²) in [5, 5.41) is 1.10. The Kier molecular flexibility index (Phi) is 4.59. The van der Waals surface area contributed by atoms with Crippen molar-refractivity contribution in [2.75, 3.05) is 0 Å². The first-order valence-corrected chi connectivity index (χ1v) is 8.83. The first-order chi connectivity index (χ1) is 11.8. The van der Waals surface area contributed by atoms with Crippen molar-refractivity contribution in [1.82, 2.24) is 4.98 Å². The summed E-state index contributed by atoms with van der Waals surface area (Å²) in [6.45, 7) is 10.1. The molecular weight excluding hydrogens is 311 g/mol. The van der Waals surface area contributed by atoms with Gasteiger partial charge in [-0.15, -0.1) is 0 Å². The lowest BCUT2D eigenvalue weighted by atomic mass is 9.94. The molecular formula is C22H26FN2+. The maximum Gasteiger partial charge on any atom is 0.287 e. The van der Waals surface area contributed by atoms with E-state index in [4.69, 9.17) is 0 Å². The van der Waals surface area contributed by atoms with E-state index in [1.54, 1.807) is 0 Å². The van der Waals surface area contributed by atoms with E-state index in [9.17, 15) is 4.39 Å². The van der Waals surface area contributed by atoms with Gasteiger partial charge in [0, 0.05) is 5.56 Å². The van der Waals surface area contributed by atoms with Crippen molar-refractivity contribution in [2.45, 2.75) is 41.0 Å². The summed E-state index contributed by atoms with van der Waals surface area (Å²) in [5.74, 6) is 0.503. The van der Waals surface area contributed by atoms with Crippen molar-refractivity contribution in [3.8, 4) is 11.3 Å². The third-order valence-electron chi connectivity index (χ3n) is 4.94. The van der Waals surface area contributed by atoms with Crippen LogP contribution in [0.15, 0.2) is 30.6 Å². The van der Waals surface area contributed by atoms with Gasteiger partial charge in [-0.2, -0.15) is 0 Å². The van der Waals surface area contributed by atoms with E-state index in [1.807, 2.05) is 44.8 Å². The van der Waals surface area contributed by atoms with Gasteiger partial charge >= 0.3 is 0 Å². The molecule has 0 saturated carbocycles. The Hall–Kier alpha value is -2.29. The number of aromatic nitrogens is 2. The number of benzene rings is 2. The molecule has 0 amide bonds. The minimum Gasteiger partial charge on any atom is -0.232 e. The lowest BCUT2D eigenvalue weighted by Crippen LogP contribution is -2.32. The van der Waals surface area contributed by atoms with Crippen LogP contribution in [0.5, 0.6) is 0 Å². The van der Waals surface area contributed by atoms with Gasteiger partial charge in [-0.05, 0) is 78.5 Å². The third-order valence-corrected chi connectivity index (χ3v) is 4.94. The van der Waals surface area contributed by atoms with Crippen LogP contribution < -0.4 is 4.57 Å². The number of aryl methyl sites for hydroxylation is 2. The van der Waals surface area contributed by atoms with E-state index < -0.39 is 0 Å². The molecule has 0 radical (unpaired) electrons. The fraction of sp³-hybridized carbons (Fsp3) is 0.364. The maximum absolute atomic E-state index is 14.3. The molecule has 3 rings (SSSR count). The molecule has 3 heteroatoms. The Bertz CT molecular complexity index is 958. The highest BCUT2D eigenvalue weighted by molar-refractivity contribution is 5.92. The zero-order valence-electron chi connectivity index (χ0n) is 15.9. The SMILES string of the molecule is Cc1cc(-c2c3ccc(CC(C)C)cc3nc[n+]2C)c(C)c(C)c1F. The normalized spacial score (nSPS) is 11.5. The predicted molar refractivity (Wildman–Crippen MR) is 101 cm³/mol. The average Bonchev–Trinajstić information content (AvgIpc) is 2.56. The van der Waals surface area contributed by atoms with Crippen molar-refractivity contribution >= 4 is 10.9 Å². The molecule has 0 bridgehead atoms. The van der Waals surface area contributed by atoms with Gasteiger partial charge in [-0.25, -0.2) is 8.96 Å². The fourth-order valence-corrected chi connectivity index (χ4v) is 3.51. The summed E-state index contributed by atoms with van der Waals surface area (Å²) < 4.78 is 16.3. The molecule has 2 nitrogen and oxygen atoms in total. The lowest BCUT2D eigenvalue weighted by molar-refractivity contribution is -0.662. The molecule has 2 aromatic carbocycles. The third kappa shape index (κ3) is 3.15. The number of fused-ring (bicyclic) bond motifs is 1.